The number of thiophene rings is 1. The van der Waals surface area contributed by atoms with E-state index in [1.54, 1.807) is 0 Å². The van der Waals surface area contributed by atoms with E-state index in [4.69, 9.17) is 18.6 Å². The Balaban J connectivity index is 1.48. The van der Waals surface area contributed by atoms with Gasteiger partial charge in [-0.3, -0.25) is 10.1 Å². The zero-order valence-corrected chi connectivity index (χ0v) is 14.4. The molecule has 3 aromatic rings. The van der Waals surface area contributed by atoms with Crippen LogP contribution in [0.3, 0.4) is 0 Å². The van der Waals surface area contributed by atoms with E-state index in [1.807, 2.05) is 17.5 Å². The molecule has 0 saturated carbocycles. The molecule has 11 heteroatoms. The summed E-state index contributed by atoms with van der Waals surface area (Å²) in [5, 5.41) is 12.1. The van der Waals surface area contributed by atoms with Crippen LogP contribution in [0.5, 0.6) is 11.9 Å². The number of carbonyl (C=O) groups is 1. The van der Waals surface area contributed by atoms with Crippen LogP contribution in [0, 0.1) is 0 Å². The topological polar surface area (TPSA) is 121 Å². The summed E-state index contributed by atoms with van der Waals surface area (Å²) in [5.41, 5.74) is 0.112. The van der Waals surface area contributed by atoms with Crippen LogP contribution in [0.25, 0.3) is 10.8 Å². The average molecular weight is 375 g/mol. The van der Waals surface area contributed by atoms with Gasteiger partial charge >= 0.3 is 12.0 Å². The van der Waals surface area contributed by atoms with Crippen LogP contribution in [-0.2, 0) is 4.74 Å². The lowest BCUT2D eigenvalue weighted by atomic mass is 10.3. The fourth-order valence-electron chi connectivity index (χ4n) is 2.09. The number of rotatable bonds is 6. The lowest BCUT2D eigenvalue weighted by Gasteiger charge is -2.25. The fourth-order valence-corrected chi connectivity index (χ4v) is 2.73. The predicted molar refractivity (Wildman–Crippen MR) is 89.4 cm³/mol. The van der Waals surface area contributed by atoms with Crippen LogP contribution >= 0.6 is 11.3 Å². The smallest absolute Gasteiger partial charge is 0.322 e. The molecule has 1 fully saturated rings. The summed E-state index contributed by atoms with van der Waals surface area (Å²) in [4.78, 5) is 21.3. The highest BCUT2D eigenvalue weighted by atomic mass is 32.1. The minimum Gasteiger partial charge on any atom is -0.480 e. The molecule has 0 bridgehead atoms. The number of aromatic nitrogens is 4. The Morgan fingerprint density at radius 1 is 1.38 bits per heavy atom. The van der Waals surface area contributed by atoms with E-state index in [1.165, 1.54) is 24.6 Å². The molecule has 3 aromatic heterocycles. The molecule has 0 aromatic carbocycles. The Kier molecular flexibility index (Phi) is 4.46. The minimum absolute atomic E-state index is 0.0348. The Hall–Kier alpha value is -3.05. The summed E-state index contributed by atoms with van der Waals surface area (Å²) < 4.78 is 21.1. The first-order chi connectivity index (χ1) is 12.7. The van der Waals surface area contributed by atoms with E-state index < -0.39 is 5.91 Å². The van der Waals surface area contributed by atoms with Gasteiger partial charge in [-0.15, -0.1) is 16.4 Å². The second-order valence-electron chi connectivity index (χ2n) is 5.20. The normalized spacial score (nSPS) is 13.9. The molecule has 0 spiro atoms. The number of amides is 1. The van der Waals surface area contributed by atoms with Crippen molar-refractivity contribution < 1.29 is 23.4 Å². The van der Waals surface area contributed by atoms with Crippen LogP contribution in [-0.4, -0.2) is 52.5 Å². The third-order valence-corrected chi connectivity index (χ3v) is 4.28. The number of nitrogens with zero attached hydrogens (tertiary/aromatic N) is 4. The van der Waals surface area contributed by atoms with Gasteiger partial charge in [0, 0.05) is 0 Å². The van der Waals surface area contributed by atoms with Crippen LogP contribution in [0.1, 0.15) is 10.4 Å². The molecule has 0 aliphatic carbocycles. The lowest BCUT2D eigenvalue weighted by molar-refractivity contribution is -0.0832. The van der Waals surface area contributed by atoms with Crippen molar-refractivity contribution >= 4 is 23.3 Å². The second kappa shape index (κ2) is 7.06. The first kappa shape index (κ1) is 16.4. The van der Waals surface area contributed by atoms with Crippen molar-refractivity contribution in [1.82, 2.24) is 20.2 Å². The van der Waals surface area contributed by atoms with Crippen molar-refractivity contribution in [1.29, 1.82) is 0 Å². The standard InChI is InChI=1S/C15H13N5O5S/c1-22-12-9(5-16-14(18-12)24-8-6-23-7-8)11(21)17-15-20-19-13(25-15)10-3-2-4-26-10/h2-5,8H,6-7H2,1H3,(H,17,20,21). The summed E-state index contributed by atoms with van der Waals surface area (Å²) in [6, 6.07) is 3.79. The van der Waals surface area contributed by atoms with E-state index in [0.717, 1.165) is 4.88 Å². The van der Waals surface area contributed by atoms with Gasteiger partial charge in [-0.05, 0) is 11.4 Å². The molecule has 4 heterocycles. The number of hydrogen-bond acceptors (Lipinski definition) is 10. The van der Waals surface area contributed by atoms with Gasteiger partial charge < -0.3 is 18.6 Å². The molecule has 1 aliphatic rings. The summed E-state index contributed by atoms with van der Waals surface area (Å²) in [5.74, 6) is -0.141. The molecule has 134 valence electrons. The molecule has 0 radical (unpaired) electrons. The van der Waals surface area contributed by atoms with Crippen molar-refractivity contribution in [3.8, 4) is 22.7 Å². The Labute approximate surface area is 151 Å². The quantitative estimate of drug-likeness (QED) is 0.685. The molecule has 4 rings (SSSR count). The van der Waals surface area contributed by atoms with E-state index in [-0.39, 0.29) is 29.6 Å². The largest absolute Gasteiger partial charge is 0.480 e. The second-order valence-corrected chi connectivity index (χ2v) is 6.14. The van der Waals surface area contributed by atoms with Gasteiger partial charge in [0.2, 0.25) is 5.88 Å². The van der Waals surface area contributed by atoms with Gasteiger partial charge in [0.1, 0.15) is 11.7 Å². The number of anilines is 1. The summed E-state index contributed by atoms with van der Waals surface area (Å²) >= 11 is 1.45. The molecular weight excluding hydrogens is 362 g/mol. The zero-order valence-electron chi connectivity index (χ0n) is 13.5. The van der Waals surface area contributed by atoms with Crippen molar-refractivity contribution in [2.24, 2.45) is 0 Å². The molecule has 1 saturated heterocycles. The molecule has 0 unspecified atom stereocenters. The van der Waals surface area contributed by atoms with Crippen molar-refractivity contribution in [3.05, 3.63) is 29.3 Å². The lowest BCUT2D eigenvalue weighted by Crippen LogP contribution is -2.39. The van der Waals surface area contributed by atoms with Crippen molar-refractivity contribution in [2.75, 3.05) is 25.6 Å². The van der Waals surface area contributed by atoms with Crippen LogP contribution in [0.15, 0.2) is 28.1 Å². The van der Waals surface area contributed by atoms with Gasteiger partial charge in [0.25, 0.3) is 11.8 Å². The number of hydrogen-bond donors (Lipinski definition) is 1. The minimum atomic E-state index is -0.540. The fraction of sp³-hybridized carbons (Fsp3) is 0.267. The van der Waals surface area contributed by atoms with E-state index in [2.05, 4.69) is 25.5 Å². The van der Waals surface area contributed by atoms with Crippen LogP contribution in [0.4, 0.5) is 6.01 Å². The number of nitrogens with one attached hydrogen (secondary N) is 1. The molecular formula is C15H13N5O5S. The third kappa shape index (κ3) is 3.34. The number of carbonyl (C=O) groups excluding carboxylic acids is 1. The Bertz CT molecular complexity index is 909. The number of methoxy groups -OCH3 is 1. The molecule has 0 atom stereocenters. The van der Waals surface area contributed by atoms with Crippen molar-refractivity contribution in [3.63, 3.8) is 0 Å². The summed E-state index contributed by atoms with van der Waals surface area (Å²) in [6.07, 6.45) is 1.22. The van der Waals surface area contributed by atoms with Gasteiger partial charge in [0.15, 0.2) is 0 Å². The van der Waals surface area contributed by atoms with E-state index in [0.29, 0.717) is 19.1 Å². The Morgan fingerprint density at radius 3 is 2.96 bits per heavy atom. The molecule has 1 aliphatic heterocycles. The Morgan fingerprint density at radius 2 is 2.27 bits per heavy atom. The molecule has 1 N–H and O–H groups in total. The maximum Gasteiger partial charge on any atom is 0.322 e. The zero-order chi connectivity index (χ0) is 17.9. The highest BCUT2D eigenvalue weighted by molar-refractivity contribution is 7.13. The maximum absolute atomic E-state index is 12.4. The maximum atomic E-state index is 12.4. The predicted octanol–water partition coefficient (Wildman–Crippen LogP) is 1.63. The summed E-state index contributed by atoms with van der Waals surface area (Å²) in [6.45, 7) is 0.968. The molecule has 10 nitrogen and oxygen atoms in total. The van der Waals surface area contributed by atoms with Crippen LogP contribution < -0.4 is 14.8 Å². The third-order valence-electron chi connectivity index (χ3n) is 3.43. The first-order valence-corrected chi connectivity index (χ1v) is 8.45. The first-order valence-electron chi connectivity index (χ1n) is 7.57. The van der Waals surface area contributed by atoms with Gasteiger partial charge in [-0.2, -0.15) is 4.98 Å². The highest BCUT2D eigenvalue weighted by Gasteiger charge is 2.23. The number of ether oxygens (including phenoxy) is 3. The monoisotopic (exact) mass is 375 g/mol. The van der Waals surface area contributed by atoms with Gasteiger partial charge in [0.05, 0.1) is 31.4 Å². The SMILES string of the molecule is COc1nc(OC2COC2)ncc1C(=O)Nc1nnc(-c2cccs2)o1. The van der Waals surface area contributed by atoms with Gasteiger partial charge in [-0.25, -0.2) is 4.98 Å². The summed E-state index contributed by atoms with van der Waals surface area (Å²) in [7, 11) is 1.40. The van der Waals surface area contributed by atoms with Crippen LogP contribution in [0.2, 0.25) is 0 Å². The molecule has 1 amide bonds. The van der Waals surface area contributed by atoms with Gasteiger partial charge in [-0.1, -0.05) is 11.2 Å². The van der Waals surface area contributed by atoms with E-state index in [9.17, 15) is 4.79 Å². The average Bonchev–Trinajstić information content (AvgIpc) is 3.29. The highest BCUT2D eigenvalue weighted by Crippen LogP contribution is 2.25. The van der Waals surface area contributed by atoms with Crippen molar-refractivity contribution in [2.45, 2.75) is 6.10 Å². The van der Waals surface area contributed by atoms with E-state index >= 15 is 0 Å². The molecule has 26 heavy (non-hydrogen) atoms.